The molecule has 1 aromatic rings. The van der Waals surface area contributed by atoms with Gasteiger partial charge < -0.3 is 10.0 Å². The molecule has 1 saturated heterocycles. The van der Waals surface area contributed by atoms with Crippen molar-refractivity contribution in [2.24, 2.45) is 0 Å². The molecule has 1 amide bonds. The highest BCUT2D eigenvalue weighted by atomic mass is 16.4. The zero-order chi connectivity index (χ0) is 13.8. The molecule has 2 heterocycles. The lowest BCUT2D eigenvalue weighted by molar-refractivity contribution is -0.134. The van der Waals surface area contributed by atoms with Crippen LogP contribution in [0.15, 0.2) is 12.3 Å². The van der Waals surface area contributed by atoms with Crippen LogP contribution in [-0.2, 0) is 4.79 Å². The van der Waals surface area contributed by atoms with E-state index < -0.39 is 12.0 Å². The van der Waals surface area contributed by atoms with Gasteiger partial charge in [0.05, 0.1) is 0 Å². The third-order valence-corrected chi connectivity index (χ3v) is 3.53. The molecule has 1 N–H and O–H groups in total. The summed E-state index contributed by atoms with van der Waals surface area (Å²) < 4.78 is 1.29. The first-order valence-electron chi connectivity index (χ1n) is 6.67. The van der Waals surface area contributed by atoms with E-state index in [0.29, 0.717) is 0 Å². The minimum Gasteiger partial charge on any atom is -0.477 e. The summed E-state index contributed by atoms with van der Waals surface area (Å²) in [6, 6.07) is 0.841. The Morgan fingerprint density at radius 3 is 2.47 bits per heavy atom. The molecule has 6 nitrogen and oxygen atoms in total. The fourth-order valence-electron chi connectivity index (χ4n) is 2.45. The van der Waals surface area contributed by atoms with Crippen LogP contribution in [0.3, 0.4) is 0 Å². The number of carbonyl (C=O) groups excluding carboxylic acids is 1. The molecule has 2 rings (SSSR count). The highest BCUT2D eigenvalue weighted by Crippen LogP contribution is 2.16. The Morgan fingerprint density at radius 1 is 1.26 bits per heavy atom. The van der Waals surface area contributed by atoms with Gasteiger partial charge in [-0.05, 0) is 25.8 Å². The third kappa shape index (κ3) is 2.94. The fourth-order valence-corrected chi connectivity index (χ4v) is 2.45. The predicted octanol–water partition coefficient (Wildman–Crippen LogP) is 1.54. The molecule has 6 heteroatoms. The lowest BCUT2D eigenvalue weighted by Crippen LogP contribution is -2.37. The van der Waals surface area contributed by atoms with Crippen LogP contribution in [0.25, 0.3) is 0 Å². The standard InChI is InChI=1S/C13H19N3O3/c1-10(16-11(13(18)19)6-7-14-16)12(17)15-8-4-2-3-5-9-15/h6-7,10H,2-5,8-9H2,1H3,(H,18,19). The lowest BCUT2D eigenvalue weighted by Gasteiger charge is -2.24. The van der Waals surface area contributed by atoms with Crippen molar-refractivity contribution in [2.75, 3.05) is 13.1 Å². The Morgan fingerprint density at radius 2 is 1.89 bits per heavy atom. The van der Waals surface area contributed by atoms with E-state index in [2.05, 4.69) is 5.10 Å². The topological polar surface area (TPSA) is 75.4 Å². The molecule has 0 spiro atoms. The summed E-state index contributed by atoms with van der Waals surface area (Å²) in [6.07, 6.45) is 5.75. The molecule has 0 saturated carbocycles. The van der Waals surface area contributed by atoms with E-state index in [1.807, 2.05) is 4.90 Å². The predicted molar refractivity (Wildman–Crippen MR) is 68.9 cm³/mol. The van der Waals surface area contributed by atoms with E-state index in [4.69, 9.17) is 5.11 Å². The van der Waals surface area contributed by atoms with Crippen LogP contribution in [-0.4, -0.2) is 44.8 Å². The van der Waals surface area contributed by atoms with Gasteiger partial charge in [-0.1, -0.05) is 12.8 Å². The van der Waals surface area contributed by atoms with Crippen LogP contribution in [0.4, 0.5) is 0 Å². The third-order valence-electron chi connectivity index (χ3n) is 3.53. The van der Waals surface area contributed by atoms with Gasteiger partial charge in [-0.15, -0.1) is 0 Å². The molecule has 1 fully saturated rings. The van der Waals surface area contributed by atoms with Crippen LogP contribution in [0.1, 0.15) is 49.1 Å². The second kappa shape index (κ2) is 5.86. The highest BCUT2D eigenvalue weighted by Gasteiger charge is 2.26. The molecule has 0 bridgehead atoms. The summed E-state index contributed by atoms with van der Waals surface area (Å²) >= 11 is 0. The van der Waals surface area contributed by atoms with Crippen LogP contribution < -0.4 is 0 Å². The van der Waals surface area contributed by atoms with Crippen molar-refractivity contribution in [2.45, 2.75) is 38.6 Å². The van der Waals surface area contributed by atoms with Gasteiger partial charge in [-0.2, -0.15) is 5.10 Å². The van der Waals surface area contributed by atoms with Gasteiger partial charge in [0.25, 0.3) is 0 Å². The van der Waals surface area contributed by atoms with E-state index in [9.17, 15) is 9.59 Å². The molecule has 0 radical (unpaired) electrons. The number of rotatable bonds is 3. The Kier molecular flexibility index (Phi) is 4.19. The van der Waals surface area contributed by atoms with Crippen molar-refractivity contribution in [3.63, 3.8) is 0 Å². The number of amides is 1. The second-order valence-electron chi connectivity index (χ2n) is 4.88. The number of carboxylic acids is 1. The average molecular weight is 265 g/mol. The van der Waals surface area contributed by atoms with E-state index in [0.717, 1.165) is 38.8 Å². The molecule has 0 aromatic carbocycles. The minimum absolute atomic E-state index is 0.0481. The fraction of sp³-hybridized carbons (Fsp3) is 0.615. The minimum atomic E-state index is -1.06. The van der Waals surface area contributed by atoms with Crippen molar-refractivity contribution in [3.05, 3.63) is 18.0 Å². The van der Waals surface area contributed by atoms with E-state index >= 15 is 0 Å². The number of carbonyl (C=O) groups is 2. The molecule has 1 atom stereocenters. The quantitative estimate of drug-likeness (QED) is 0.899. The first kappa shape index (κ1) is 13.6. The molecule has 19 heavy (non-hydrogen) atoms. The zero-order valence-corrected chi connectivity index (χ0v) is 11.1. The molecule has 0 aliphatic carbocycles. The van der Waals surface area contributed by atoms with E-state index in [1.54, 1.807) is 6.92 Å². The number of aromatic carboxylic acids is 1. The second-order valence-corrected chi connectivity index (χ2v) is 4.88. The van der Waals surface area contributed by atoms with Gasteiger partial charge in [0.1, 0.15) is 11.7 Å². The van der Waals surface area contributed by atoms with Gasteiger partial charge >= 0.3 is 5.97 Å². The van der Waals surface area contributed by atoms with Gasteiger partial charge in [0.2, 0.25) is 5.91 Å². The maximum absolute atomic E-state index is 12.4. The summed E-state index contributed by atoms with van der Waals surface area (Å²) in [5, 5.41) is 13.0. The highest BCUT2D eigenvalue weighted by molar-refractivity contribution is 5.87. The van der Waals surface area contributed by atoms with Crippen molar-refractivity contribution in [3.8, 4) is 0 Å². The Bertz CT molecular complexity index is 461. The van der Waals surface area contributed by atoms with Crippen LogP contribution in [0.2, 0.25) is 0 Å². The number of nitrogens with zero attached hydrogens (tertiary/aromatic N) is 3. The lowest BCUT2D eigenvalue weighted by atomic mass is 10.2. The molecule has 104 valence electrons. The number of hydrogen-bond acceptors (Lipinski definition) is 3. The average Bonchev–Trinajstić information content (AvgIpc) is 2.73. The largest absolute Gasteiger partial charge is 0.477 e. The number of hydrogen-bond donors (Lipinski definition) is 1. The molecule has 1 aliphatic rings. The first-order chi connectivity index (χ1) is 9.11. The van der Waals surface area contributed by atoms with Crippen molar-refractivity contribution in [1.29, 1.82) is 0 Å². The monoisotopic (exact) mass is 265 g/mol. The van der Waals surface area contributed by atoms with Gasteiger partial charge in [-0.25, -0.2) is 9.48 Å². The molecular weight excluding hydrogens is 246 g/mol. The number of aromatic nitrogens is 2. The normalized spacial score (nSPS) is 17.8. The Balaban J connectivity index is 2.13. The smallest absolute Gasteiger partial charge is 0.354 e. The maximum atomic E-state index is 12.4. The molecule has 1 aliphatic heterocycles. The Hall–Kier alpha value is -1.85. The van der Waals surface area contributed by atoms with Crippen molar-refractivity contribution >= 4 is 11.9 Å². The summed E-state index contributed by atoms with van der Waals surface area (Å²) in [5.41, 5.74) is 0.0515. The Labute approximate surface area is 112 Å². The summed E-state index contributed by atoms with van der Waals surface area (Å²) in [6.45, 7) is 3.21. The van der Waals surface area contributed by atoms with Crippen LogP contribution >= 0.6 is 0 Å². The summed E-state index contributed by atoms with van der Waals surface area (Å²) in [7, 11) is 0. The number of likely N-dealkylation sites (tertiary alicyclic amines) is 1. The maximum Gasteiger partial charge on any atom is 0.354 e. The zero-order valence-electron chi connectivity index (χ0n) is 11.1. The van der Waals surface area contributed by atoms with Gasteiger partial charge in [0.15, 0.2) is 0 Å². The van der Waals surface area contributed by atoms with Crippen LogP contribution in [0, 0.1) is 0 Å². The number of carboxylic acid groups (broad SMARTS) is 1. The van der Waals surface area contributed by atoms with Crippen molar-refractivity contribution < 1.29 is 14.7 Å². The summed E-state index contributed by atoms with van der Waals surface area (Å²) in [5.74, 6) is -1.11. The molecule has 1 aromatic heterocycles. The van der Waals surface area contributed by atoms with Gasteiger partial charge in [-0.3, -0.25) is 4.79 Å². The first-order valence-corrected chi connectivity index (χ1v) is 6.67. The van der Waals surface area contributed by atoms with E-state index in [1.165, 1.54) is 16.9 Å². The van der Waals surface area contributed by atoms with E-state index in [-0.39, 0.29) is 11.6 Å². The summed E-state index contributed by atoms with van der Waals surface area (Å²) in [4.78, 5) is 25.3. The van der Waals surface area contributed by atoms with Gasteiger partial charge in [0, 0.05) is 19.3 Å². The molecular formula is C13H19N3O3. The van der Waals surface area contributed by atoms with Crippen LogP contribution in [0.5, 0.6) is 0 Å². The molecule has 1 unspecified atom stereocenters. The van der Waals surface area contributed by atoms with Crippen molar-refractivity contribution in [1.82, 2.24) is 14.7 Å². The SMILES string of the molecule is CC(C(=O)N1CCCCCC1)n1nccc1C(=O)O.